The highest BCUT2D eigenvalue weighted by Crippen LogP contribution is 2.44. The van der Waals surface area contributed by atoms with Crippen LogP contribution in [-0.2, 0) is 0 Å². The first-order valence-electron chi connectivity index (χ1n) is 17.8. The third-order valence-electron chi connectivity index (χ3n) is 10.3. The van der Waals surface area contributed by atoms with Crippen molar-refractivity contribution >= 4 is 88.0 Å². The lowest BCUT2D eigenvalue weighted by Gasteiger charge is -2.27. The van der Waals surface area contributed by atoms with Gasteiger partial charge in [-0.05, 0) is 127 Å². The van der Waals surface area contributed by atoms with Gasteiger partial charge in [0.1, 0.15) is 0 Å². The van der Waals surface area contributed by atoms with Crippen molar-refractivity contribution < 1.29 is 0 Å². The molecule has 0 saturated heterocycles. The molecule has 0 spiro atoms. The average molecular weight is 663 g/mol. The molecule has 0 aliphatic carbocycles. The number of hydrogen-bond acceptors (Lipinski definition) is 2. The smallest absolute Gasteiger partial charge is 0.0468 e. The van der Waals surface area contributed by atoms with Crippen LogP contribution in [0.1, 0.15) is 0 Å². The Kier molecular flexibility index (Phi) is 7.18. The van der Waals surface area contributed by atoms with Crippen LogP contribution < -0.4 is 9.80 Å². The molecule has 0 aliphatic rings. The van der Waals surface area contributed by atoms with E-state index >= 15 is 0 Å². The zero-order valence-electron chi connectivity index (χ0n) is 28.5. The molecule has 2 nitrogen and oxygen atoms in total. The molecule has 52 heavy (non-hydrogen) atoms. The molecule has 2 heteroatoms. The number of hydrogen-bond donors (Lipinski definition) is 0. The normalized spacial score (nSPS) is 11.5. The minimum atomic E-state index is 1.13. The fraction of sp³-hybridized carbons (Fsp3) is 0. The second-order valence-electron chi connectivity index (χ2n) is 13.4. The summed E-state index contributed by atoms with van der Waals surface area (Å²) < 4.78 is 0. The van der Waals surface area contributed by atoms with Crippen molar-refractivity contribution in [3.05, 3.63) is 206 Å². The van der Waals surface area contributed by atoms with Gasteiger partial charge in [-0.25, -0.2) is 0 Å². The maximum Gasteiger partial charge on any atom is 0.0468 e. The summed E-state index contributed by atoms with van der Waals surface area (Å²) in [6, 6.07) is 74.8. The van der Waals surface area contributed by atoms with Gasteiger partial charge < -0.3 is 9.80 Å². The minimum Gasteiger partial charge on any atom is -0.310 e. The van der Waals surface area contributed by atoms with Gasteiger partial charge in [-0.15, -0.1) is 0 Å². The zero-order chi connectivity index (χ0) is 34.4. The summed E-state index contributed by atoms with van der Waals surface area (Å²) in [7, 11) is 0. The standard InChI is InChI=1S/C50H34N2/c1-3-17-39(18-4-1)51(41-25-23-35-13-7-9-15-37(35)31-41)43-27-29-47-48-30-28-44(34-50(48)46-22-12-11-21-45(46)49(47)33-43)52(40-19-5-2-6-20-40)42-26-24-36-14-8-10-16-38(36)32-42/h1-34H. The van der Waals surface area contributed by atoms with Crippen LogP contribution in [0.4, 0.5) is 34.1 Å². The summed E-state index contributed by atoms with van der Waals surface area (Å²) in [5, 5.41) is 12.4. The molecule has 0 aromatic heterocycles. The Labute approximate surface area is 303 Å². The molecule has 0 N–H and O–H groups in total. The molecule has 0 bridgehead atoms. The van der Waals surface area contributed by atoms with Crippen LogP contribution in [0.3, 0.4) is 0 Å². The first-order valence-corrected chi connectivity index (χ1v) is 17.8. The summed E-state index contributed by atoms with van der Waals surface area (Å²) in [4.78, 5) is 4.74. The average Bonchev–Trinajstić information content (AvgIpc) is 3.22. The van der Waals surface area contributed by atoms with Crippen LogP contribution >= 0.6 is 0 Å². The minimum absolute atomic E-state index is 1.13. The SMILES string of the molecule is c1ccc(N(c2ccc3ccccc3c2)c2ccc3c4ccc(N(c5ccccc5)c5ccc6ccccc6c5)cc4c4ccccc4c3c2)cc1. The molecule has 0 aliphatic heterocycles. The van der Waals surface area contributed by atoms with Crippen LogP contribution in [0.2, 0.25) is 0 Å². The lowest BCUT2D eigenvalue weighted by atomic mass is 9.93. The molecule has 244 valence electrons. The molecule has 0 heterocycles. The number of nitrogens with zero attached hydrogens (tertiary/aromatic N) is 2. The maximum atomic E-state index is 2.37. The van der Waals surface area contributed by atoms with Crippen LogP contribution in [0.25, 0.3) is 53.9 Å². The third-order valence-corrected chi connectivity index (χ3v) is 10.3. The number of fused-ring (bicyclic) bond motifs is 8. The first kappa shape index (κ1) is 30.0. The monoisotopic (exact) mass is 662 g/mol. The molecule has 10 aromatic rings. The van der Waals surface area contributed by atoms with Crippen LogP contribution in [-0.4, -0.2) is 0 Å². The van der Waals surface area contributed by atoms with Gasteiger partial charge in [0, 0.05) is 34.1 Å². The molecule has 0 saturated carbocycles. The summed E-state index contributed by atoms with van der Waals surface area (Å²) >= 11 is 0. The van der Waals surface area contributed by atoms with E-state index in [-0.39, 0.29) is 0 Å². The molecular weight excluding hydrogens is 629 g/mol. The first-order chi connectivity index (χ1) is 25.8. The highest BCUT2D eigenvalue weighted by Gasteiger charge is 2.18. The lowest BCUT2D eigenvalue weighted by molar-refractivity contribution is 1.29. The van der Waals surface area contributed by atoms with Crippen molar-refractivity contribution in [2.75, 3.05) is 9.80 Å². The van der Waals surface area contributed by atoms with Gasteiger partial charge in [0.15, 0.2) is 0 Å². The second kappa shape index (κ2) is 12.5. The van der Waals surface area contributed by atoms with E-state index in [9.17, 15) is 0 Å². The van der Waals surface area contributed by atoms with Crippen molar-refractivity contribution in [2.24, 2.45) is 0 Å². The van der Waals surface area contributed by atoms with Gasteiger partial charge in [-0.2, -0.15) is 0 Å². The molecule has 0 fully saturated rings. The van der Waals surface area contributed by atoms with Gasteiger partial charge in [-0.1, -0.05) is 133 Å². The number of para-hydroxylation sites is 2. The largest absolute Gasteiger partial charge is 0.310 e. The third kappa shape index (κ3) is 5.12. The molecule has 10 aromatic carbocycles. The second-order valence-corrected chi connectivity index (χ2v) is 13.4. The summed E-state index contributed by atoms with van der Waals surface area (Å²) in [6.07, 6.45) is 0. The molecule has 0 radical (unpaired) electrons. The zero-order valence-corrected chi connectivity index (χ0v) is 28.5. The summed E-state index contributed by atoms with van der Waals surface area (Å²) in [5.74, 6) is 0. The quantitative estimate of drug-likeness (QED) is 0.164. The predicted molar refractivity (Wildman–Crippen MR) is 223 cm³/mol. The number of benzene rings is 10. The number of rotatable bonds is 6. The maximum absolute atomic E-state index is 2.37. The van der Waals surface area contributed by atoms with Crippen molar-refractivity contribution in [1.82, 2.24) is 0 Å². The van der Waals surface area contributed by atoms with Crippen molar-refractivity contribution in [3.8, 4) is 0 Å². The fourth-order valence-corrected chi connectivity index (χ4v) is 7.89. The van der Waals surface area contributed by atoms with E-state index in [1.54, 1.807) is 0 Å². The Balaban J connectivity index is 1.17. The van der Waals surface area contributed by atoms with Crippen LogP contribution in [0.15, 0.2) is 206 Å². The van der Waals surface area contributed by atoms with E-state index in [1.807, 2.05) is 0 Å². The van der Waals surface area contributed by atoms with Gasteiger partial charge in [0.05, 0.1) is 0 Å². The van der Waals surface area contributed by atoms with Crippen LogP contribution in [0, 0.1) is 0 Å². The molecule has 0 unspecified atom stereocenters. The Morgan fingerprint density at radius 3 is 0.962 bits per heavy atom. The van der Waals surface area contributed by atoms with Gasteiger partial charge in [-0.3, -0.25) is 0 Å². The van der Waals surface area contributed by atoms with E-state index in [4.69, 9.17) is 0 Å². The molecule has 0 atom stereocenters. The lowest BCUT2D eigenvalue weighted by Crippen LogP contribution is -2.10. The van der Waals surface area contributed by atoms with E-state index < -0.39 is 0 Å². The summed E-state index contributed by atoms with van der Waals surface area (Å²) in [5.41, 5.74) is 6.77. The van der Waals surface area contributed by atoms with Gasteiger partial charge >= 0.3 is 0 Å². The Morgan fingerprint density at radius 1 is 0.192 bits per heavy atom. The highest BCUT2D eigenvalue weighted by molar-refractivity contribution is 6.26. The van der Waals surface area contributed by atoms with Crippen molar-refractivity contribution in [1.29, 1.82) is 0 Å². The van der Waals surface area contributed by atoms with E-state index in [0.29, 0.717) is 0 Å². The topological polar surface area (TPSA) is 6.48 Å². The number of anilines is 6. The van der Waals surface area contributed by atoms with Gasteiger partial charge in [0.25, 0.3) is 0 Å². The van der Waals surface area contributed by atoms with Gasteiger partial charge in [0.2, 0.25) is 0 Å². The van der Waals surface area contributed by atoms with Crippen molar-refractivity contribution in [3.63, 3.8) is 0 Å². The van der Waals surface area contributed by atoms with E-state index in [2.05, 4.69) is 216 Å². The molecule has 0 amide bonds. The fourth-order valence-electron chi connectivity index (χ4n) is 7.89. The van der Waals surface area contributed by atoms with E-state index in [0.717, 1.165) is 34.1 Å². The van der Waals surface area contributed by atoms with Crippen LogP contribution in [0.5, 0.6) is 0 Å². The molecule has 10 rings (SSSR count). The highest BCUT2D eigenvalue weighted by atomic mass is 15.1. The predicted octanol–water partition coefficient (Wildman–Crippen LogP) is 14.4. The molecular formula is C50H34N2. The summed E-state index contributed by atoms with van der Waals surface area (Å²) in [6.45, 7) is 0. The Morgan fingerprint density at radius 2 is 0.519 bits per heavy atom. The van der Waals surface area contributed by atoms with Crippen molar-refractivity contribution in [2.45, 2.75) is 0 Å². The Bertz CT molecular complexity index is 2690. The Hall–Kier alpha value is -6.90. The van der Waals surface area contributed by atoms with E-state index in [1.165, 1.54) is 53.9 Å².